The maximum absolute atomic E-state index is 13.1. The average Bonchev–Trinajstić information content (AvgIpc) is 3.03. The minimum absolute atomic E-state index is 0.118. The molecule has 0 bridgehead atoms. The minimum atomic E-state index is -1.08. The summed E-state index contributed by atoms with van der Waals surface area (Å²) < 4.78 is 9.99. The molecule has 11 heteroatoms. The lowest BCUT2D eigenvalue weighted by Gasteiger charge is -2.24. The molecule has 1 aliphatic rings. The lowest BCUT2D eigenvalue weighted by molar-refractivity contribution is -0.386. The Labute approximate surface area is 186 Å². The molecule has 0 aliphatic carbocycles. The first-order chi connectivity index (χ1) is 14.8. The van der Waals surface area contributed by atoms with Gasteiger partial charge in [0.1, 0.15) is 4.32 Å². The molecule has 160 valence electrons. The number of carbonyl (C=O) groups excluding carboxylic acids is 2. The molecule has 1 heterocycles. The van der Waals surface area contributed by atoms with E-state index < -0.39 is 34.3 Å². The van der Waals surface area contributed by atoms with E-state index in [2.05, 4.69) is 0 Å². The molecule has 1 fully saturated rings. The molecule has 0 saturated carbocycles. The predicted molar refractivity (Wildman–Crippen MR) is 118 cm³/mol. The van der Waals surface area contributed by atoms with Gasteiger partial charge in [-0.3, -0.25) is 19.8 Å². The van der Waals surface area contributed by atoms with Crippen molar-refractivity contribution in [2.24, 2.45) is 0 Å². The number of hydrogen-bond donors (Lipinski definition) is 1. The van der Waals surface area contributed by atoms with Crippen LogP contribution in [0.15, 0.2) is 47.4 Å². The molecule has 1 saturated heterocycles. The maximum Gasteiger partial charge on any atom is 0.333 e. The third-order valence-corrected chi connectivity index (χ3v) is 5.74. The summed E-state index contributed by atoms with van der Waals surface area (Å²) in [6.45, 7) is 0. The van der Waals surface area contributed by atoms with E-state index in [0.29, 0.717) is 5.56 Å². The summed E-state index contributed by atoms with van der Waals surface area (Å²) in [7, 11) is 2.47. The number of nitro benzene ring substituents is 1. The molecule has 0 radical (unpaired) electrons. The van der Waals surface area contributed by atoms with Crippen LogP contribution in [-0.4, -0.2) is 45.3 Å². The number of hydrogen-bond acceptors (Lipinski definition) is 9. The van der Waals surface area contributed by atoms with Gasteiger partial charge in [-0.15, -0.1) is 0 Å². The molecule has 9 nitrogen and oxygen atoms in total. The second kappa shape index (κ2) is 9.14. The number of nitro groups is 1. The number of thiocarbonyl (C=S) groups is 1. The van der Waals surface area contributed by atoms with Crippen molar-refractivity contribution in [2.75, 3.05) is 14.2 Å². The van der Waals surface area contributed by atoms with Gasteiger partial charge in [0.15, 0.2) is 11.8 Å². The minimum Gasteiger partial charge on any atom is -0.500 e. The smallest absolute Gasteiger partial charge is 0.333 e. The summed E-state index contributed by atoms with van der Waals surface area (Å²) in [5, 5.41) is 21.1. The highest BCUT2D eigenvalue weighted by Crippen LogP contribution is 2.41. The number of methoxy groups -OCH3 is 2. The Morgan fingerprint density at radius 2 is 1.97 bits per heavy atom. The first-order valence-electron chi connectivity index (χ1n) is 8.73. The summed E-state index contributed by atoms with van der Waals surface area (Å²) in [4.78, 5) is 37.4. The largest absolute Gasteiger partial charge is 0.500 e. The second-order valence-corrected chi connectivity index (χ2v) is 7.91. The van der Waals surface area contributed by atoms with Gasteiger partial charge in [-0.25, -0.2) is 4.79 Å². The Morgan fingerprint density at radius 3 is 2.55 bits per heavy atom. The molecule has 1 unspecified atom stereocenters. The summed E-state index contributed by atoms with van der Waals surface area (Å²) in [6, 6.07) is 9.96. The number of esters is 1. The zero-order chi connectivity index (χ0) is 22.7. The van der Waals surface area contributed by atoms with Crippen LogP contribution in [-0.2, 0) is 14.3 Å². The fourth-order valence-electron chi connectivity index (χ4n) is 2.98. The number of phenols is 1. The highest BCUT2D eigenvalue weighted by atomic mass is 32.2. The van der Waals surface area contributed by atoms with E-state index >= 15 is 0 Å². The molecule has 1 amide bonds. The maximum atomic E-state index is 13.1. The molecule has 2 aromatic carbocycles. The van der Waals surface area contributed by atoms with Crippen LogP contribution in [0.25, 0.3) is 6.08 Å². The fourth-order valence-corrected chi connectivity index (χ4v) is 4.30. The molecular formula is C20H16N2O7S2. The number of carbonyl (C=O) groups is 2. The number of thioether (sulfide) groups is 1. The Bertz CT molecular complexity index is 1100. The van der Waals surface area contributed by atoms with Crippen molar-refractivity contribution in [3.8, 4) is 11.5 Å². The topological polar surface area (TPSA) is 119 Å². The monoisotopic (exact) mass is 460 g/mol. The van der Waals surface area contributed by atoms with Gasteiger partial charge in [0, 0.05) is 6.07 Å². The fraction of sp³-hybridized carbons (Fsp3) is 0.150. The Hall–Kier alpha value is -3.44. The van der Waals surface area contributed by atoms with E-state index in [-0.39, 0.29) is 20.5 Å². The molecule has 1 N–H and O–H groups in total. The van der Waals surface area contributed by atoms with Gasteiger partial charge in [0.25, 0.3) is 5.91 Å². The third kappa shape index (κ3) is 4.37. The molecule has 31 heavy (non-hydrogen) atoms. The first kappa shape index (κ1) is 22.2. The zero-order valence-electron chi connectivity index (χ0n) is 16.3. The average molecular weight is 460 g/mol. The van der Waals surface area contributed by atoms with E-state index in [1.165, 1.54) is 26.4 Å². The van der Waals surface area contributed by atoms with Crippen LogP contribution < -0.4 is 4.74 Å². The van der Waals surface area contributed by atoms with Crippen molar-refractivity contribution in [3.63, 3.8) is 0 Å². The predicted octanol–water partition coefficient (Wildman–Crippen LogP) is 3.42. The van der Waals surface area contributed by atoms with E-state index in [9.17, 15) is 24.8 Å². The summed E-state index contributed by atoms with van der Waals surface area (Å²) in [5.74, 6) is -1.95. The molecular weight excluding hydrogens is 444 g/mol. The van der Waals surface area contributed by atoms with Gasteiger partial charge in [-0.2, -0.15) is 0 Å². The number of nitrogens with zero attached hydrogens (tertiary/aromatic N) is 2. The van der Waals surface area contributed by atoms with E-state index in [0.717, 1.165) is 22.7 Å². The molecule has 0 aromatic heterocycles. The number of phenolic OH excluding ortho intramolecular Hbond substituents is 1. The van der Waals surface area contributed by atoms with Crippen LogP contribution in [0.1, 0.15) is 17.2 Å². The first-order valence-corrected chi connectivity index (χ1v) is 9.96. The molecule has 1 aliphatic heterocycles. The van der Waals surface area contributed by atoms with Gasteiger partial charge in [0.05, 0.1) is 24.0 Å². The summed E-state index contributed by atoms with van der Waals surface area (Å²) in [5.41, 5.74) is 0.197. The van der Waals surface area contributed by atoms with Crippen LogP contribution in [0.5, 0.6) is 11.5 Å². The number of benzene rings is 2. The van der Waals surface area contributed by atoms with Crippen molar-refractivity contribution in [1.82, 2.24) is 4.90 Å². The van der Waals surface area contributed by atoms with E-state index in [1.54, 1.807) is 30.3 Å². The quantitative estimate of drug-likeness (QED) is 0.227. The number of ether oxygens (including phenoxy) is 2. The molecule has 3 rings (SSSR count). The standard InChI is InChI=1S/C20H16N2O7S2/c1-28-14-9-11(8-13(17(14)23)22(26)27)10-15-18(24)21(20(30)31-15)16(19(25)29-2)12-6-4-3-5-7-12/h3-10,16,23H,1-2H3/b15-10-. The van der Waals surface area contributed by atoms with Crippen LogP contribution in [0.2, 0.25) is 0 Å². The van der Waals surface area contributed by atoms with Gasteiger partial charge in [-0.1, -0.05) is 54.3 Å². The number of rotatable bonds is 6. The lowest BCUT2D eigenvalue weighted by atomic mass is 10.1. The normalized spacial score (nSPS) is 15.8. The Kier molecular flexibility index (Phi) is 6.56. The summed E-state index contributed by atoms with van der Waals surface area (Å²) in [6.07, 6.45) is 1.38. The van der Waals surface area contributed by atoms with Crippen molar-refractivity contribution in [2.45, 2.75) is 6.04 Å². The zero-order valence-corrected chi connectivity index (χ0v) is 17.9. The second-order valence-electron chi connectivity index (χ2n) is 6.24. The highest BCUT2D eigenvalue weighted by molar-refractivity contribution is 8.26. The Balaban J connectivity index is 2.03. The highest BCUT2D eigenvalue weighted by Gasteiger charge is 2.42. The van der Waals surface area contributed by atoms with Gasteiger partial charge in [-0.05, 0) is 23.3 Å². The number of aromatic hydroxyl groups is 1. The van der Waals surface area contributed by atoms with Gasteiger partial charge in [0.2, 0.25) is 5.75 Å². The number of amides is 1. The van der Waals surface area contributed by atoms with Gasteiger partial charge < -0.3 is 14.6 Å². The van der Waals surface area contributed by atoms with Crippen molar-refractivity contribution < 1.29 is 29.1 Å². The third-order valence-electron chi connectivity index (χ3n) is 4.41. The van der Waals surface area contributed by atoms with Crippen LogP contribution >= 0.6 is 24.0 Å². The van der Waals surface area contributed by atoms with E-state index in [1.807, 2.05) is 0 Å². The van der Waals surface area contributed by atoms with E-state index in [4.69, 9.17) is 21.7 Å². The van der Waals surface area contributed by atoms with Crippen LogP contribution in [0.3, 0.4) is 0 Å². The van der Waals surface area contributed by atoms with Crippen molar-refractivity contribution in [1.29, 1.82) is 0 Å². The summed E-state index contributed by atoms with van der Waals surface area (Å²) >= 11 is 6.28. The lowest BCUT2D eigenvalue weighted by Crippen LogP contribution is -2.37. The SMILES string of the molecule is COC(=O)C(c1ccccc1)N1C(=O)/C(=C/c2cc(OC)c(O)c([N+](=O)[O-])c2)SC1=S. The van der Waals surface area contributed by atoms with Crippen LogP contribution in [0, 0.1) is 10.1 Å². The van der Waals surface area contributed by atoms with Crippen molar-refractivity contribution in [3.05, 3.63) is 68.6 Å². The molecule has 0 spiro atoms. The Morgan fingerprint density at radius 1 is 1.29 bits per heavy atom. The van der Waals surface area contributed by atoms with Crippen molar-refractivity contribution >= 4 is 51.9 Å². The molecule has 2 aromatic rings. The van der Waals surface area contributed by atoms with Crippen LogP contribution in [0.4, 0.5) is 5.69 Å². The molecule has 1 atom stereocenters. The van der Waals surface area contributed by atoms with Gasteiger partial charge >= 0.3 is 11.7 Å².